The van der Waals surface area contributed by atoms with Gasteiger partial charge in [0.05, 0.1) is 11.4 Å². The number of ether oxygens (including phenoxy) is 3. The molecule has 154 valence electrons. The second-order valence-electron chi connectivity index (χ2n) is 6.80. The van der Waals surface area contributed by atoms with Crippen LogP contribution in [0.2, 0.25) is 0 Å². The maximum Gasteiger partial charge on any atom is 0.266 e. The third-order valence-electron chi connectivity index (χ3n) is 4.67. The van der Waals surface area contributed by atoms with E-state index in [2.05, 4.69) is 4.98 Å². The van der Waals surface area contributed by atoms with E-state index in [9.17, 15) is 4.79 Å². The molecule has 3 heterocycles. The van der Waals surface area contributed by atoms with E-state index < -0.39 is 0 Å². The van der Waals surface area contributed by atoms with Crippen LogP contribution < -0.4 is 14.2 Å². The highest BCUT2D eigenvalue weighted by molar-refractivity contribution is 8.26. The number of carbonyl (C=O) groups excluding carboxylic acids is 1. The van der Waals surface area contributed by atoms with Crippen molar-refractivity contribution in [1.82, 2.24) is 9.88 Å². The van der Waals surface area contributed by atoms with Gasteiger partial charge in [0.2, 0.25) is 12.7 Å². The molecule has 3 aromatic rings. The van der Waals surface area contributed by atoms with Gasteiger partial charge in [-0.3, -0.25) is 9.69 Å². The molecule has 0 atom stereocenters. The molecule has 1 amide bonds. The van der Waals surface area contributed by atoms with Crippen LogP contribution in [0.1, 0.15) is 11.1 Å². The van der Waals surface area contributed by atoms with Gasteiger partial charge in [0.1, 0.15) is 10.1 Å². The van der Waals surface area contributed by atoms with Gasteiger partial charge >= 0.3 is 0 Å². The van der Waals surface area contributed by atoms with Crippen molar-refractivity contribution in [1.29, 1.82) is 0 Å². The van der Waals surface area contributed by atoms with Crippen molar-refractivity contribution in [3.8, 4) is 23.1 Å². The summed E-state index contributed by atoms with van der Waals surface area (Å²) in [5.41, 5.74) is 1.72. The quantitative estimate of drug-likeness (QED) is 0.402. The number of amides is 1. The van der Waals surface area contributed by atoms with Gasteiger partial charge in [-0.1, -0.05) is 48.2 Å². The number of nitrogens with zero attached hydrogens (tertiary/aromatic N) is 2. The summed E-state index contributed by atoms with van der Waals surface area (Å²) >= 11 is 6.72. The summed E-state index contributed by atoms with van der Waals surface area (Å²) in [6.45, 7) is 0.590. The largest absolute Gasteiger partial charge is 0.454 e. The maximum atomic E-state index is 12.9. The maximum absolute atomic E-state index is 12.9. The molecule has 0 aliphatic carbocycles. The van der Waals surface area contributed by atoms with Crippen molar-refractivity contribution in [2.45, 2.75) is 6.54 Å². The van der Waals surface area contributed by atoms with Crippen molar-refractivity contribution in [3.63, 3.8) is 0 Å². The minimum atomic E-state index is -0.128. The number of hydrogen-bond donors (Lipinski definition) is 0. The summed E-state index contributed by atoms with van der Waals surface area (Å²) in [5.74, 6) is 2.46. The van der Waals surface area contributed by atoms with Crippen molar-refractivity contribution in [2.24, 2.45) is 0 Å². The molecule has 0 unspecified atom stereocenters. The average Bonchev–Trinajstić information content (AvgIpc) is 3.35. The molecule has 0 N–H and O–H groups in total. The molecule has 0 bridgehead atoms. The molecule has 0 radical (unpaired) electrons. The number of para-hydroxylation sites is 1. The highest BCUT2D eigenvalue weighted by Gasteiger charge is 2.32. The first-order chi connectivity index (χ1) is 15.2. The lowest BCUT2D eigenvalue weighted by molar-refractivity contribution is -0.122. The van der Waals surface area contributed by atoms with Crippen LogP contribution in [0.25, 0.3) is 6.08 Å². The van der Waals surface area contributed by atoms with Crippen LogP contribution in [0, 0.1) is 0 Å². The molecule has 1 aromatic heterocycles. The van der Waals surface area contributed by atoms with Gasteiger partial charge < -0.3 is 14.2 Å². The van der Waals surface area contributed by atoms with E-state index in [0.717, 1.165) is 11.1 Å². The lowest BCUT2D eigenvalue weighted by Gasteiger charge is -2.14. The number of rotatable bonds is 5. The topological polar surface area (TPSA) is 60.9 Å². The molecule has 8 heteroatoms. The zero-order valence-electron chi connectivity index (χ0n) is 16.2. The first-order valence-electron chi connectivity index (χ1n) is 9.48. The predicted molar refractivity (Wildman–Crippen MR) is 122 cm³/mol. The predicted octanol–water partition coefficient (Wildman–Crippen LogP) is 5.00. The van der Waals surface area contributed by atoms with Crippen LogP contribution in [0.4, 0.5) is 0 Å². The number of thiocarbonyl (C=S) groups is 1. The monoisotopic (exact) mass is 448 g/mol. The van der Waals surface area contributed by atoms with Gasteiger partial charge in [-0.2, -0.15) is 0 Å². The fourth-order valence-corrected chi connectivity index (χ4v) is 4.41. The molecule has 5 rings (SSSR count). The Morgan fingerprint density at radius 2 is 1.94 bits per heavy atom. The lowest BCUT2D eigenvalue weighted by atomic mass is 10.2. The van der Waals surface area contributed by atoms with Crippen molar-refractivity contribution < 1.29 is 19.0 Å². The number of pyridine rings is 1. The Balaban J connectivity index is 1.28. The van der Waals surface area contributed by atoms with Crippen LogP contribution in [-0.2, 0) is 11.3 Å². The van der Waals surface area contributed by atoms with Gasteiger partial charge in [0.25, 0.3) is 5.91 Å². The highest BCUT2D eigenvalue weighted by Crippen LogP contribution is 2.36. The lowest BCUT2D eigenvalue weighted by Crippen LogP contribution is -2.27. The third-order valence-corrected chi connectivity index (χ3v) is 6.05. The van der Waals surface area contributed by atoms with E-state index in [4.69, 9.17) is 26.4 Å². The summed E-state index contributed by atoms with van der Waals surface area (Å²) in [7, 11) is 0. The first-order valence-corrected chi connectivity index (χ1v) is 10.7. The molecule has 31 heavy (non-hydrogen) atoms. The number of carbonyl (C=O) groups is 1. The van der Waals surface area contributed by atoms with Gasteiger partial charge in [-0.05, 0) is 47.5 Å². The normalized spacial score (nSPS) is 16.3. The van der Waals surface area contributed by atoms with Gasteiger partial charge in [-0.15, -0.1) is 0 Å². The summed E-state index contributed by atoms with van der Waals surface area (Å²) < 4.78 is 17.0. The molecule has 0 saturated carbocycles. The minimum absolute atomic E-state index is 0.128. The molecule has 1 saturated heterocycles. The Morgan fingerprint density at radius 1 is 1.10 bits per heavy atom. The molecule has 6 nitrogen and oxygen atoms in total. The number of aromatic nitrogens is 1. The highest BCUT2D eigenvalue weighted by atomic mass is 32.2. The molecular formula is C23H16N2O4S2. The van der Waals surface area contributed by atoms with E-state index in [1.807, 2.05) is 54.6 Å². The Morgan fingerprint density at radius 3 is 2.74 bits per heavy atom. The molecule has 2 aromatic carbocycles. The Hall–Kier alpha value is -3.36. The van der Waals surface area contributed by atoms with Gasteiger partial charge in [0.15, 0.2) is 11.5 Å². The molecular weight excluding hydrogens is 432 g/mol. The average molecular weight is 449 g/mol. The van der Waals surface area contributed by atoms with E-state index >= 15 is 0 Å². The van der Waals surface area contributed by atoms with E-state index in [0.29, 0.717) is 38.9 Å². The summed E-state index contributed by atoms with van der Waals surface area (Å²) in [4.78, 5) is 19.4. The van der Waals surface area contributed by atoms with Crippen molar-refractivity contribution in [3.05, 3.63) is 82.9 Å². The Labute approximate surface area is 188 Å². The minimum Gasteiger partial charge on any atom is -0.454 e. The number of benzene rings is 2. The van der Waals surface area contributed by atoms with E-state index in [1.165, 1.54) is 11.8 Å². The van der Waals surface area contributed by atoms with Gasteiger partial charge in [-0.25, -0.2) is 4.98 Å². The Bertz CT molecular complexity index is 1180. The fraction of sp³-hybridized carbons (Fsp3) is 0.0870. The second-order valence-corrected chi connectivity index (χ2v) is 8.48. The van der Waals surface area contributed by atoms with Crippen LogP contribution in [0.3, 0.4) is 0 Å². The molecule has 2 aliphatic heterocycles. The fourth-order valence-electron chi connectivity index (χ4n) is 3.16. The zero-order valence-corrected chi connectivity index (χ0v) is 17.8. The van der Waals surface area contributed by atoms with Crippen molar-refractivity contribution in [2.75, 3.05) is 6.79 Å². The van der Waals surface area contributed by atoms with Gasteiger partial charge in [0, 0.05) is 12.3 Å². The van der Waals surface area contributed by atoms with Crippen LogP contribution in [0.5, 0.6) is 23.1 Å². The summed E-state index contributed by atoms with van der Waals surface area (Å²) in [6.07, 6.45) is 3.46. The smallest absolute Gasteiger partial charge is 0.266 e. The SMILES string of the molecule is O=C1C(=Cc2ccc(Oc3ccccc3)nc2)SC(=S)N1Cc1ccc2c(c1)OCO2. The van der Waals surface area contributed by atoms with Crippen LogP contribution >= 0.6 is 24.0 Å². The Kier molecular flexibility index (Phi) is 5.31. The molecule has 1 fully saturated rings. The van der Waals surface area contributed by atoms with E-state index in [-0.39, 0.29) is 12.7 Å². The third kappa shape index (κ3) is 4.26. The van der Waals surface area contributed by atoms with Crippen LogP contribution in [0.15, 0.2) is 71.8 Å². The van der Waals surface area contributed by atoms with Crippen LogP contribution in [-0.4, -0.2) is 26.9 Å². The second kappa shape index (κ2) is 8.41. The first kappa shape index (κ1) is 19.6. The summed E-state index contributed by atoms with van der Waals surface area (Å²) in [5, 5.41) is 0. The molecule has 0 spiro atoms. The number of hydrogen-bond acceptors (Lipinski definition) is 7. The number of fused-ring (bicyclic) bond motifs is 1. The molecule has 2 aliphatic rings. The van der Waals surface area contributed by atoms with E-state index in [1.54, 1.807) is 23.2 Å². The van der Waals surface area contributed by atoms with Crippen molar-refractivity contribution >= 4 is 40.3 Å². The summed E-state index contributed by atoms with van der Waals surface area (Å²) in [6, 6.07) is 18.7. The zero-order chi connectivity index (χ0) is 21.2. The standard InChI is InChI=1S/C23H16N2O4S2/c26-22-20(11-15-7-9-21(24-12-15)29-17-4-2-1-3-5-17)31-23(30)25(22)13-16-6-8-18-19(10-16)28-14-27-18/h1-12H,13-14H2. The number of thioether (sulfide) groups is 1.